The molecule has 1 saturated heterocycles. The first-order valence-electron chi connectivity index (χ1n) is 8.03. The van der Waals surface area contributed by atoms with Gasteiger partial charge in [-0.1, -0.05) is 30.1 Å². The van der Waals surface area contributed by atoms with E-state index in [2.05, 4.69) is 16.9 Å². The van der Waals surface area contributed by atoms with Crippen LogP contribution >= 0.6 is 23.2 Å². The average molecular weight is 367 g/mol. The average Bonchev–Trinajstić information content (AvgIpc) is 2.98. The minimum Gasteiger partial charge on any atom is -0.336 e. The van der Waals surface area contributed by atoms with E-state index in [1.54, 1.807) is 23.0 Å². The Kier molecular flexibility index (Phi) is 5.13. The van der Waals surface area contributed by atoms with Crippen LogP contribution in [0.1, 0.15) is 23.0 Å². The second kappa shape index (κ2) is 7.13. The van der Waals surface area contributed by atoms with E-state index in [1.165, 1.54) is 0 Å². The summed E-state index contributed by atoms with van der Waals surface area (Å²) in [6.07, 6.45) is 1.63. The molecule has 0 bridgehead atoms. The van der Waals surface area contributed by atoms with Crippen LogP contribution in [0, 0.1) is 6.92 Å². The van der Waals surface area contributed by atoms with Crippen LogP contribution in [0.2, 0.25) is 10.0 Å². The van der Waals surface area contributed by atoms with Crippen LogP contribution in [-0.2, 0) is 0 Å². The van der Waals surface area contributed by atoms with Crippen LogP contribution in [0.25, 0.3) is 5.69 Å². The Hall–Kier alpha value is -1.56. The first-order chi connectivity index (χ1) is 11.5. The molecule has 0 N–H and O–H groups in total. The van der Waals surface area contributed by atoms with Crippen LogP contribution in [0.5, 0.6) is 0 Å². The standard InChI is InChI=1S/C17H20Cl2N4O/c1-3-21-6-8-22(9-7-21)17(24)14-11-20-23(12(14)2)13-4-5-15(18)16(19)10-13/h4-5,10-11H,3,6-9H2,1-2H3. The summed E-state index contributed by atoms with van der Waals surface area (Å²) in [6, 6.07) is 5.31. The van der Waals surface area contributed by atoms with E-state index in [4.69, 9.17) is 23.2 Å². The Bertz CT molecular complexity index is 751. The number of amides is 1. The van der Waals surface area contributed by atoms with E-state index in [1.807, 2.05) is 17.9 Å². The zero-order valence-electron chi connectivity index (χ0n) is 13.8. The summed E-state index contributed by atoms with van der Waals surface area (Å²) in [7, 11) is 0. The van der Waals surface area contributed by atoms with Gasteiger partial charge < -0.3 is 9.80 Å². The molecule has 0 saturated carbocycles. The molecule has 7 heteroatoms. The maximum atomic E-state index is 12.8. The van der Waals surface area contributed by atoms with Gasteiger partial charge in [0.2, 0.25) is 0 Å². The van der Waals surface area contributed by atoms with Crippen molar-refractivity contribution in [2.24, 2.45) is 0 Å². The number of halogens is 2. The van der Waals surface area contributed by atoms with E-state index >= 15 is 0 Å². The third kappa shape index (κ3) is 3.29. The topological polar surface area (TPSA) is 41.4 Å². The fraction of sp³-hybridized carbons (Fsp3) is 0.412. The lowest BCUT2D eigenvalue weighted by molar-refractivity contribution is 0.0642. The normalized spacial score (nSPS) is 15.8. The Labute approximate surface area is 151 Å². The Morgan fingerprint density at radius 1 is 1.17 bits per heavy atom. The molecule has 1 aliphatic rings. The van der Waals surface area contributed by atoms with Crippen molar-refractivity contribution >= 4 is 29.1 Å². The molecular weight excluding hydrogens is 347 g/mol. The molecule has 3 rings (SSSR count). The fourth-order valence-corrected chi connectivity index (χ4v) is 3.23. The SMILES string of the molecule is CCN1CCN(C(=O)c2cnn(-c3ccc(Cl)c(Cl)c3)c2C)CC1. The number of carbonyl (C=O) groups is 1. The number of likely N-dealkylation sites (N-methyl/N-ethyl adjacent to an activating group) is 1. The zero-order valence-corrected chi connectivity index (χ0v) is 15.3. The number of rotatable bonds is 3. The van der Waals surface area contributed by atoms with Gasteiger partial charge in [-0.05, 0) is 31.7 Å². The molecule has 0 spiro atoms. The summed E-state index contributed by atoms with van der Waals surface area (Å²) in [4.78, 5) is 17.0. The lowest BCUT2D eigenvalue weighted by Gasteiger charge is -2.34. The number of hydrogen-bond acceptors (Lipinski definition) is 3. The summed E-state index contributed by atoms with van der Waals surface area (Å²) in [6.45, 7) is 8.41. The van der Waals surface area contributed by atoms with Crippen molar-refractivity contribution in [2.75, 3.05) is 32.7 Å². The van der Waals surface area contributed by atoms with E-state index in [9.17, 15) is 4.79 Å². The summed E-state index contributed by atoms with van der Waals surface area (Å²) in [5, 5.41) is 5.32. The molecule has 0 aliphatic carbocycles. The lowest BCUT2D eigenvalue weighted by Crippen LogP contribution is -2.48. The van der Waals surface area contributed by atoms with Crippen LogP contribution in [0.15, 0.2) is 24.4 Å². The number of aromatic nitrogens is 2. The van der Waals surface area contributed by atoms with Crippen molar-refractivity contribution in [3.8, 4) is 5.69 Å². The zero-order chi connectivity index (χ0) is 17.3. The van der Waals surface area contributed by atoms with Crippen LogP contribution in [0.4, 0.5) is 0 Å². The number of nitrogens with zero attached hydrogens (tertiary/aromatic N) is 4. The molecule has 1 fully saturated rings. The maximum Gasteiger partial charge on any atom is 0.257 e. The molecule has 0 radical (unpaired) electrons. The number of hydrogen-bond donors (Lipinski definition) is 0. The molecule has 0 atom stereocenters. The minimum atomic E-state index is 0.0366. The fourth-order valence-electron chi connectivity index (χ4n) is 2.93. The van der Waals surface area contributed by atoms with Crippen LogP contribution < -0.4 is 0 Å². The minimum absolute atomic E-state index is 0.0366. The summed E-state index contributed by atoms with van der Waals surface area (Å²) >= 11 is 12.0. The van der Waals surface area contributed by atoms with Gasteiger partial charge in [0.15, 0.2) is 0 Å². The van der Waals surface area contributed by atoms with Gasteiger partial charge in [0.1, 0.15) is 0 Å². The summed E-state index contributed by atoms with van der Waals surface area (Å²) in [5.74, 6) is 0.0366. The van der Waals surface area contributed by atoms with Gasteiger partial charge in [0, 0.05) is 26.2 Å². The van der Waals surface area contributed by atoms with Crippen molar-refractivity contribution in [3.05, 3.63) is 45.7 Å². The van der Waals surface area contributed by atoms with Gasteiger partial charge in [-0.25, -0.2) is 4.68 Å². The van der Waals surface area contributed by atoms with E-state index < -0.39 is 0 Å². The highest BCUT2D eigenvalue weighted by atomic mass is 35.5. The first-order valence-corrected chi connectivity index (χ1v) is 8.78. The Morgan fingerprint density at radius 3 is 2.50 bits per heavy atom. The number of piperazine rings is 1. The van der Waals surface area contributed by atoms with Gasteiger partial charge in [-0.2, -0.15) is 5.10 Å². The van der Waals surface area contributed by atoms with Gasteiger partial charge in [-0.15, -0.1) is 0 Å². The van der Waals surface area contributed by atoms with E-state index in [0.29, 0.717) is 15.6 Å². The van der Waals surface area contributed by atoms with Crippen LogP contribution in [-0.4, -0.2) is 58.2 Å². The third-order valence-electron chi connectivity index (χ3n) is 4.49. The highest BCUT2D eigenvalue weighted by Gasteiger charge is 2.24. The van der Waals surface area contributed by atoms with Crippen molar-refractivity contribution in [3.63, 3.8) is 0 Å². The van der Waals surface area contributed by atoms with Crippen LogP contribution in [0.3, 0.4) is 0 Å². The lowest BCUT2D eigenvalue weighted by atomic mass is 10.2. The van der Waals surface area contributed by atoms with Gasteiger partial charge in [0.25, 0.3) is 5.91 Å². The Balaban J connectivity index is 1.82. The van der Waals surface area contributed by atoms with Crippen molar-refractivity contribution in [1.82, 2.24) is 19.6 Å². The molecule has 24 heavy (non-hydrogen) atoms. The molecule has 1 amide bonds. The van der Waals surface area contributed by atoms with Gasteiger partial charge >= 0.3 is 0 Å². The molecule has 0 unspecified atom stereocenters. The predicted molar refractivity (Wildman–Crippen MR) is 96.3 cm³/mol. The molecule has 1 aliphatic heterocycles. The molecule has 2 aromatic rings. The maximum absolute atomic E-state index is 12.8. The first kappa shape index (κ1) is 17.3. The molecular formula is C17H20Cl2N4O. The molecule has 5 nitrogen and oxygen atoms in total. The van der Waals surface area contributed by atoms with E-state index in [0.717, 1.165) is 44.1 Å². The van der Waals surface area contributed by atoms with Crippen molar-refractivity contribution in [1.29, 1.82) is 0 Å². The second-order valence-electron chi connectivity index (χ2n) is 5.88. The second-order valence-corrected chi connectivity index (χ2v) is 6.69. The Morgan fingerprint density at radius 2 is 1.88 bits per heavy atom. The summed E-state index contributed by atoms with van der Waals surface area (Å²) < 4.78 is 1.72. The van der Waals surface area contributed by atoms with Gasteiger partial charge in [0.05, 0.1) is 33.2 Å². The number of carbonyl (C=O) groups excluding carboxylic acids is 1. The molecule has 1 aromatic heterocycles. The molecule has 1 aromatic carbocycles. The number of benzene rings is 1. The quantitative estimate of drug-likeness (QED) is 0.836. The predicted octanol–water partition coefficient (Wildman–Crippen LogP) is 3.27. The van der Waals surface area contributed by atoms with Crippen molar-refractivity contribution < 1.29 is 4.79 Å². The molecule has 2 heterocycles. The molecule has 128 valence electrons. The third-order valence-corrected chi connectivity index (χ3v) is 5.23. The highest BCUT2D eigenvalue weighted by molar-refractivity contribution is 6.42. The largest absolute Gasteiger partial charge is 0.336 e. The van der Waals surface area contributed by atoms with E-state index in [-0.39, 0.29) is 5.91 Å². The smallest absolute Gasteiger partial charge is 0.257 e. The van der Waals surface area contributed by atoms with Gasteiger partial charge in [-0.3, -0.25) is 4.79 Å². The highest BCUT2D eigenvalue weighted by Crippen LogP contribution is 2.25. The summed E-state index contributed by atoms with van der Waals surface area (Å²) in [5.41, 5.74) is 2.22. The monoisotopic (exact) mass is 366 g/mol. The van der Waals surface area contributed by atoms with Crippen molar-refractivity contribution in [2.45, 2.75) is 13.8 Å².